The minimum atomic E-state index is 0.325. The molecule has 0 radical (unpaired) electrons. The highest BCUT2D eigenvalue weighted by Gasteiger charge is 2.03. The first-order valence-corrected chi connectivity index (χ1v) is 7.78. The maximum absolute atomic E-state index is 9.70. The number of nitrogens with two attached hydrogens (primary N) is 1. The summed E-state index contributed by atoms with van der Waals surface area (Å²) in [5, 5.41) is 20.4. The Kier molecular flexibility index (Phi) is 6.14. The standard InChI is InChI=1S/C19H22N4O/c1-2-14-10-17(5-6-19(14)24)23-8-3-4-15-13-22-9-7-18(15)16(11-20)12-21/h3-7,9-13,20,23-24H,2,8,21H2,1H3/b4-3+,16-12+,20-11?. The van der Waals surface area contributed by atoms with E-state index in [0.717, 1.165) is 28.8 Å². The molecule has 5 nitrogen and oxygen atoms in total. The summed E-state index contributed by atoms with van der Waals surface area (Å²) in [5.41, 5.74) is 9.87. The van der Waals surface area contributed by atoms with Crippen molar-refractivity contribution in [2.45, 2.75) is 13.3 Å². The number of aryl methyl sites for hydroxylation is 1. The van der Waals surface area contributed by atoms with Crippen LogP contribution in [0.3, 0.4) is 0 Å². The smallest absolute Gasteiger partial charge is 0.118 e. The van der Waals surface area contributed by atoms with Crippen molar-refractivity contribution in [3.05, 3.63) is 65.6 Å². The Labute approximate surface area is 142 Å². The normalized spacial score (nSPS) is 11.6. The quantitative estimate of drug-likeness (QED) is 0.464. The van der Waals surface area contributed by atoms with Crippen molar-refractivity contribution in [1.29, 1.82) is 5.41 Å². The Bertz CT molecular complexity index is 766. The number of aromatic hydroxyl groups is 1. The van der Waals surface area contributed by atoms with Crippen molar-refractivity contribution in [2.24, 2.45) is 5.73 Å². The van der Waals surface area contributed by atoms with E-state index in [-0.39, 0.29) is 0 Å². The summed E-state index contributed by atoms with van der Waals surface area (Å²) in [4.78, 5) is 4.12. The van der Waals surface area contributed by atoms with Crippen molar-refractivity contribution in [3.8, 4) is 5.75 Å². The van der Waals surface area contributed by atoms with Crippen molar-refractivity contribution in [3.63, 3.8) is 0 Å². The number of anilines is 1. The first-order valence-electron chi connectivity index (χ1n) is 7.78. The minimum Gasteiger partial charge on any atom is -0.508 e. The molecule has 1 heterocycles. The summed E-state index contributed by atoms with van der Waals surface area (Å²) in [6.45, 7) is 2.64. The Morgan fingerprint density at radius 3 is 2.92 bits per heavy atom. The molecule has 0 spiro atoms. The van der Waals surface area contributed by atoms with Crippen LogP contribution in [0.1, 0.15) is 23.6 Å². The van der Waals surface area contributed by atoms with Crippen molar-refractivity contribution < 1.29 is 5.11 Å². The fraction of sp³-hybridized carbons (Fsp3) is 0.158. The lowest BCUT2D eigenvalue weighted by molar-refractivity contribution is 0.469. The van der Waals surface area contributed by atoms with Crippen LogP contribution in [0.5, 0.6) is 5.75 Å². The molecule has 124 valence electrons. The second-order valence-corrected chi connectivity index (χ2v) is 5.21. The largest absolute Gasteiger partial charge is 0.508 e. The number of rotatable bonds is 7. The number of benzene rings is 1. The van der Waals surface area contributed by atoms with E-state index in [9.17, 15) is 5.11 Å². The molecule has 0 amide bonds. The third-order valence-electron chi connectivity index (χ3n) is 3.68. The van der Waals surface area contributed by atoms with Gasteiger partial charge in [0.2, 0.25) is 0 Å². The highest BCUT2D eigenvalue weighted by atomic mass is 16.3. The van der Waals surface area contributed by atoms with Gasteiger partial charge < -0.3 is 21.6 Å². The zero-order chi connectivity index (χ0) is 17.4. The zero-order valence-corrected chi connectivity index (χ0v) is 13.7. The second kappa shape index (κ2) is 8.53. The van der Waals surface area contributed by atoms with Crippen LogP contribution in [0.15, 0.2) is 48.9 Å². The third-order valence-corrected chi connectivity index (χ3v) is 3.68. The molecule has 0 aliphatic rings. The maximum Gasteiger partial charge on any atom is 0.118 e. The second-order valence-electron chi connectivity index (χ2n) is 5.21. The predicted octanol–water partition coefficient (Wildman–Crippen LogP) is 3.42. The Hall–Kier alpha value is -3.08. The molecule has 0 fully saturated rings. The highest BCUT2D eigenvalue weighted by Crippen LogP contribution is 2.22. The fourth-order valence-corrected chi connectivity index (χ4v) is 2.36. The Morgan fingerprint density at radius 2 is 2.21 bits per heavy atom. The van der Waals surface area contributed by atoms with Crippen LogP contribution >= 0.6 is 0 Å². The van der Waals surface area contributed by atoms with Gasteiger partial charge in [0.15, 0.2) is 0 Å². The van der Waals surface area contributed by atoms with Crippen LogP contribution in [0.2, 0.25) is 0 Å². The molecule has 0 saturated carbocycles. The molecule has 0 aliphatic heterocycles. The summed E-state index contributed by atoms with van der Waals surface area (Å²) < 4.78 is 0. The molecule has 2 aromatic rings. The average molecular weight is 322 g/mol. The first kappa shape index (κ1) is 17.3. The van der Waals surface area contributed by atoms with E-state index in [2.05, 4.69) is 10.3 Å². The summed E-state index contributed by atoms with van der Waals surface area (Å²) in [7, 11) is 0. The monoisotopic (exact) mass is 322 g/mol. The Balaban J connectivity index is 2.06. The molecule has 24 heavy (non-hydrogen) atoms. The van der Waals surface area contributed by atoms with Gasteiger partial charge in [-0.05, 0) is 41.8 Å². The molecule has 5 N–H and O–H groups in total. The lowest BCUT2D eigenvalue weighted by atomic mass is 10.0. The van der Waals surface area contributed by atoms with E-state index >= 15 is 0 Å². The number of phenolic OH excluding ortho intramolecular Hbond substituents is 1. The molecular weight excluding hydrogens is 300 g/mol. The van der Waals surface area contributed by atoms with Gasteiger partial charge in [-0.3, -0.25) is 4.98 Å². The zero-order valence-electron chi connectivity index (χ0n) is 13.7. The molecular formula is C19H22N4O. The molecule has 5 heteroatoms. The van der Waals surface area contributed by atoms with E-state index in [1.165, 1.54) is 12.4 Å². The van der Waals surface area contributed by atoms with Crippen LogP contribution < -0.4 is 11.1 Å². The molecule has 2 rings (SSSR count). The number of hydrogen-bond acceptors (Lipinski definition) is 5. The predicted molar refractivity (Wildman–Crippen MR) is 100 cm³/mol. The van der Waals surface area contributed by atoms with Gasteiger partial charge in [0, 0.05) is 48.2 Å². The number of aromatic nitrogens is 1. The summed E-state index contributed by atoms with van der Waals surface area (Å²) in [5.74, 6) is 0.325. The van der Waals surface area contributed by atoms with Gasteiger partial charge in [-0.25, -0.2) is 0 Å². The molecule has 0 atom stereocenters. The fourth-order valence-electron chi connectivity index (χ4n) is 2.36. The SMILES string of the molecule is CCc1cc(NC/C=C/c2cnccc2/C(C=N)=C/N)ccc1O. The summed E-state index contributed by atoms with van der Waals surface area (Å²) in [6.07, 6.45) is 10.8. The number of allylic oxidation sites excluding steroid dienone is 1. The summed E-state index contributed by atoms with van der Waals surface area (Å²) >= 11 is 0. The number of nitrogens with zero attached hydrogens (tertiary/aromatic N) is 1. The number of phenols is 1. The van der Waals surface area contributed by atoms with E-state index in [4.69, 9.17) is 11.1 Å². The number of hydrogen-bond donors (Lipinski definition) is 4. The maximum atomic E-state index is 9.70. The third kappa shape index (κ3) is 4.23. The van der Waals surface area contributed by atoms with Crippen LogP contribution in [-0.4, -0.2) is 22.8 Å². The first-order chi connectivity index (χ1) is 11.7. The van der Waals surface area contributed by atoms with Crippen LogP contribution in [0.25, 0.3) is 11.6 Å². The topological polar surface area (TPSA) is 95.0 Å². The van der Waals surface area contributed by atoms with Gasteiger partial charge in [0.1, 0.15) is 5.75 Å². The van der Waals surface area contributed by atoms with E-state index < -0.39 is 0 Å². The number of nitrogens with one attached hydrogen (secondary N) is 2. The average Bonchev–Trinajstić information content (AvgIpc) is 2.62. The van der Waals surface area contributed by atoms with Gasteiger partial charge in [0.05, 0.1) is 0 Å². The van der Waals surface area contributed by atoms with Crippen LogP contribution in [0.4, 0.5) is 5.69 Å². The van der Waals surface area contributed by atoms with Gasteiger partial charge >= 0.3 is 0 Å². The van der Waals surface area contributed by atoms with Gasteiger partial charge in [-0.1, -0.05) is 19.1 Å². The van der Waals surface area contributed by atoms with Crippen LogP contribution in [0, 0.1) is 5.41 Å². The van der Waals surface area contributed by atoms with Crippen LogP contribution in [-0.2, 0) is 6.42 Å². The molecule has 0 saturated heterocycles. The van der Waals surface area contributed by atoms with Gasteiger partial charge in [-0.2, -0.15) is 0 Å². The highest BCUT2D eigenvalue weighted by molar-refractivity contribution is 6.09. The minimum absolute atomic E-state index is 0.325. The van der Waals surface area contributed by atoms with Crippen molar-refractivity contribution in [1.82, 2.24) is 4.98 Å². The van der Waals surface area contributed by atoms with Gasteiger partial charge in [-0.15, -0.1) is 0 Å². The molecule has 1 aromatic heterocycles. The lowest BCUT2D eigenvalue weighted by Crippen LogP contribution is -1.99. The van der Waals surface area contributed by atoms with E-state index in [0.29, 0.717) is 17.9 Å². The molecule has 0 unspecified atom stereocenters. The molecule has 1 aromatic carbocycles. The molecule has 0 bridgehead atoms. The summed E-state index contributed by atoms with van der Waals surface area (Å²) in [6, 6.07) is 7.34. The van der Waals surface area contributed by atoms with Crippen molar-refractivity contribution in [2.75, 3.05) is 11.9 Å². The van der Waals surface area contributed by atoms with Gasteiger partial charge in [0.25, 0.3) is 0 Å². The van der Waals surface area contributed by atoms with E-state index in [1.54, 1.807) is 18.5 Å². The van der Waals surface area contributed by atoms with E-state index in [1.807, 2.05) is 37.3 Å². The number of pyridine rings is 1. The molecule has 0 aliphatic carbocycles. The lowest BCUT2D eigenvalue weighted by Gasteiger charge is -2.08. The Morgan fingerprint density at radius 1 is 1.38 bits per heavy atom. The van der Waals surface area contributed by atoms with Crippen molar-refractivity contribution >= 4 is 23.6 Å².